The predicted molar refractivity (Wildman–Crippen MR) is 100 cm³/mol. The zero-order valence-electron chi connectivity index (χ0n) is 15.4. The third-order valence-corrected chi connectivity index (χ3v) is 6.48. The number of halogens is 3. The van der Waals surface area contributed by atoms with Gasteiger partial charge in [0, 0.05) is 57.3 Å². The Labute approximate surface area is 165 Å². The maximum Gasteiger partial charge on any atom is 0.451 e. The predicted octanol–water partition coefficient (Wildman–Crippen LogP) is 0.881. The van der Waals surface area contributed by atoms with Crippen molar-refractivity contribution in [3.8, 4) is 0 Å². The maximum atomic E-state index is 12.8. The van der Waals surface area contributed by atoms with Crippen molar-refractivity contribution in [1.29, 1.82) is 0 Å². The van der Waals surface area contributed by atoms with Crippen molar-refractivity contribution < 1.29 is 18.0 Å². The van der Waals surface area contributed by atoms with E-state index < -0.39 is 12.0 Å². The molecule has 3 aliphatic heterocycles. The molecule has 4 heterocycles. The number of hydrogen-bond donors (Lipinski definition) is 1. The molecule has 154 valence electrons. The number of aromatic nitrogens is 2. The highest BCUT2D eigenvalue weighted by atomic mass is 32.2. The number of thioether (sulfide) groups is 1. The number of rotatable bonds is 3. The van der Waals surface area contributed by atoms with Gasteiger partial charge < -0.3 is 15.1 Å². The normalized spacial score (nSPS) is 26.8. The molecule has 0 aromatic carbocycles. The van der Waals surface area contributed by atoms with Gasteiger partial charge in [-0.1, -0.05) is 0 Å². The summed E-state index contributed by atoms with van der Waals surface area (Å²) in [5, 5.41) is 3.35. The van der Waals surface area contributed by atoms with Gasteiger partial charge in [0.1, 0.15) is 5.82 Å². The fourth-order valence-electron chi connectivity index (χ4n) is 3.97. The molecule has 0 spiro atoms. The smallest absolute Gasteiger partial charge is 0.354 e. The van der Waals surface area contributed by atoms with E-state index in [4.69, 9.17) is 0 Å². The molecule has 0 unspecified atom stereocenters. The van der Waals surface area contributed by atoms with Gasteiger partial charge in [-0.05, 0) is 12.5 Å². The van der Waals surface area contributed by atoms with Gasteiger partial charge in [0.05, 0.1) is 11.9 Å². The number of anilines is 1. The van der Waals surface area contributed by atoms with Crippen LogP contribution >= 0.6 is 11.8 Å². The molecule has 3 fully saturated rings. The Hall–Kier alpha value is -1.59. The first kappa shape index (κ1) is 19.7. The van der Waals surface area contributed by atoms with Crippen LogP contribution < -0.4 is 10.2 Å². The fraction of sp³-hybridized carbons (Fsp3) is 0.706. The monoisotopic (exact) mass is 416 g/mol. The third-order valence-electron chi connectivity index (χ3n) is 5.52. The summed E-state index contributed by atoms with van der Waals surface area (Å²) in [6.45, 7) is 4.27. The van der Waals surface area contributed by atoms with Crippen LogP contribution in [0.3, 0.4) is 0 Å². The van der Waals surface area contributed by atoms with Crippen LogP contribution in [-0.4, -0.2) is 88.7 Å². The standard InChI is InChI=1S/C17H23F3N6OS/c18-17(19,20)16-21-2-1-14(23-16)25-5-3-24(4-6-25)12-9-13(22-10-12)15(27)26-7-8-28-11-26/h1-2,12-13,22H,3-11H2/t12-,13-/m0/s1. The van der Waals surface area contributed by atoms with E-state index in [-0.39, 0.29) is 18.0 Å². The van der Waals surface area contributed by atoms with E-state index in [1.165, 1.54) is 6.07 Å². The third kappa shape index (κ3) is 4.20. The summed E-state index contributed by atoms with van der Waals surface area (Å²) in [4.78, 5) is 25.6. The molecule has 1 N–H and O–H groups in total. The fourth-order valence-corrected chi connectivity index (χ4v) is 4.92. The summed E-state index contributed by atoms with van der Waals surface area (Å²) < 4.78 is 38.5. The molecular weight excluding hydrogens is 393 g/mol. The number of amides is 1. The zero-order chi connectivity index (χ0) is 19.7. The summed E-state index contributed by atoms with van der Waals surface area (Å²) in [5.41, 5.74) is 0. The van der Waals surface area contributed by atoms with E-state index in [1.54, 1.807) is 11.8 Å². The van der Waals surface area contributed by atoms with E-state index in [0.717, 1.165) is 50.4 Å². The van der Waals surface area contributed by atoms with E-state index in [0.29, 0.717) is 18.9 Å². The minimum atomic E-state index is -4.54. The molecule has 0 radical (unpaired) electrons. The van der Waals surface area contributed by atoms with Crippen LogP contribution in [0.1, 0.15) is 12.2 Å². The molecular formula is C17H23F3N6OS. The highest BCUT2D eigenvalue weighted by Crippen LogP contribution is 2.27. The van der Waals surface area contributed by atoms with Gasteiger partial charge >= 0.3 is 6.18 Å². The summed E-state index contributed by atoms with van der Waals surface area (Å²) in [6, 6.07) is 1.67. The van der Waals surface area contributed by atoms with E-state index in [1.807, 2.05) is 9.80 Å². The second-order valence-corrected chi connectivity index (χ2v) is 8.32. The number of carbonyl (C=O) groups is 1. The Bertz CT molecular complexity index is 706. The number of hydrogen-bond acceptors (Lipinski definition) is 7. The van der Waals surface area contributed by atoms with Crippen molar-refractivity contribution in [3.63, 3.8) is 0 Å². The van der Waals surface area contributed by atoms with Crippen molar-refractivity contribution >= 4 is 23.5 Å². The molecule has 11 heteroatoms. The first-order valence-electron chi connectivity index (χ1n) is 9.41. The lowest BCUT2D eigenvalue weighted by atomic mass is 10.1. The molecule has 0 aliphatic carbocycles. The molecule has 0 bridgehead atoms. The highest BCUT2D eigenvalue weighted by molar-refractivity contribution is 7.99. The Morgan fingerprint density at radius 1 is 1.21 bits per heavy atom. The largest absolute Gasteiger partial charge is 0.451 e. The number of carbonyl (C=O) groups excluding carboxylic acids is 1. The van der Waals surface area contributed by atoms with Gasteiger partial charge in [0.15, 0.2) is 0 Å². The second-order valence-electron chi connectivity index (χ2n) is 7.25. The minimum absolute atomic E-state index is 0.127. The number of nitrogens with zero attached hydrogens (tertiary/aromatic N) is 5. The molecule has 2 atom stereocenters. The Balaban J connectivity index is 1.31. The van der Waals surface area contributed by atoms with Crippen molar-refractivity contribution in [3.05, 3.63) is 18.1 Å². The molecule has 1 aromatic rings. The van der Waals surface area contributed by atoms with E-state index in [2.05, 4.69) is 20.2 Å². The second kappa shape index (κ2) is 8.03. The molecule has 3 aliphatic rings. The summed E-state index contributed by atoms with van der Waals surface area (Å²) in [7, 11) is 0. The Morgan fingerprint density at radius 2 is 2.00 bits per heavy atom. The topological polar surface area (TPSA) is 64.6 Å². The molecule has 1 aromatic heterocycles. The van der Waals surface area contributed by atoms with Crippen LogP contribution in [0.15, 0.2) is 12.3 Å². The van der Waals surface area contributed by atoms with Gasteiger partial charge in [-0.15, -0.1) is 11.8 Å². The average molecular weight is 416 g/mol. The van der Waals surface area contributed by atoms with Gasteiger partial charge in [-0.3, -0.25) is 9.69 Å². The molecule has 3 saturated heterocycles. The van der Waals surface area contributed by atoms with Crippen LogP contribution in [0.5, 0.6) is 0 Å². The number of alkyl halides is 3. The zero-order valence-corrected chi connectivity index (χ0v) is 16.2. The van der Waals surface area contributed by atoms with Crippen LogP contribution in [0.2, 0.25) is 0 Å². The van der Waals surface area contributed by atoms with Crippen LogP contribution in [0.4, 0.5) is 19.0 Å². The summed E-state index contributed by atoms with van der Waals surface area (Å²) >= 11 is 1.78. The van der Waals surface area contributed by atoms with Gasteiger partial charge in [-0.25, -0.2) is 9.97 Å². The molecule has 1 amide bonds. The van der Waals surface area contributed by atoms with Crippen molar-refractivity contribution in [1.82, 2.24) is 25.1 Å². The molecule has 4 rings (SSSR count). The average Bonchev–Trinajstić information content (AvgIpc) is 3.39. The SMILES string of the molecule is O=C([C@@H]1C[C@H](N2CCN(c3ccnc(C(F)(F)F)n3)CC2)CN1)N1CCSC1. The van der Waals surface area contributed by atoms with Crippen LogP contribution in [0, 0.1) is 0 Å². The Kier molecular flexibility index (Phi) is 5.66. The minimum Gasteiger partial charge on any atom is -0.354 e. The number of piperazine rings is 1. The first-order valence-corrected chi connectivity index (χ1v) is 10.6. The molecule has 7 nitrogen and oxygen atoms in total. The van der Waals surface area contributed by atoms with Crippen molar-refractivity contribution in [2.24, 2.45) is 0 Å². The van der Waals surface area contributed by atoms with Crippen LogP contribution in [0.25, 0.3) is 0 Å². The summed E-state index contributed by atoms with van der Waals surface area (Å²) in [6.07, 6.45) is -2.60. The lowest BCUT2D eigenvalue weighted by Crippen LogP contribution is -2.51. The Morgan fingerprint density at radius 3 is 2.68 bits per heavy atom. The van der Waals surface area contributed by atoms with Gasteiger partial charge in [-0.2, -0.15) is 13.2 Å². The highest BCUT2D eigenvalue weighted by Gasteiger charge is 2.38. The van der Waals surface area contributed by atoms with Gasteiger partial charge in [0.25, 0.3) is 0 Å². The quantitative estimate of drug-likeness (QED) is 0.785. The van der Waals surface area contributed by atoms with Crippen molar-refractivity contribution in [2.75, 3.05) is 55.8 Å². The van der Waals surface area contributed by atoms with E-state index >= 15 is 0 Å². The summed E-state index contributed by atoms with van der Waals surface area (Å²) in [5.74, 6) is 1.18. The van der Waals surface area contributed by atoms with Crippen LogP contribution in [-0.2, 0) is 11.0 Å². The van der Waals surface area contributed by atoms with Crippen molar-refractivity contribution in [2.45, 2.75) is 24.7 Å². The maximum absolute atomic E-state index is 12.8. The lowest BCUT2D eigenvalue weighted by molar-refractivity contribution is -0.144. The molecule has 28 heavy (non-hydrogen) atoms. The number of nitrogens with one attached hydrogen (secondary N) is 1. The lowest BCUT2D eigenvalue weighted by Gasteiger charge is -2.38. The van der Waals surface area contributed by atoms with Gasteiger partial charge in [0.2, 0.25) is 11.7 Å². The first-order chi connectivity index (χ1) is 13.4. The van der Waals surface area contributed by atoms with E-state index in [9.17, 15) is 18.0 Å². The molecule has 0 saturated carbocycles.